The maximum atomic E-state index is 11.7. The van der Waals surface area contributed by atoms with Crippen LogP contribution in [0, 0.1) is 0 Å². The summed E-state index contributed by atoms with van der Waals surface area (Å²) < 4.78 is 35.2. The van der Waals surface area contributed by atoms with Crippen molar-refractivity contribution in [2.75, 3.05) is 0 Å². The van der Waals surface area contributed by atoms with E-state index in [-0.39, 0.29) is 0 Å². The fourth-order valence-corrected chi connectivity index (χ4v) is 0.473. The minimum absolute atomic E-state index is 0.897. The third-order valence-electron chi connectivity index (χ3n) is 1.33. The fraction of sp³-hybridized carbons (Fsp3) is 0.800. The molecule has 0 saturated carbocycles. The fourth-order valence-electron chi connectivity index (χ4n) is 0.473. The van der Waals surface area contributed by atoms with Crippen LogP contribution in [-0.4, -0.2) is 28.0 Å². The number of halogens is 3. The first-order chi connectivity index (χ1) is 4.75. The van der Waals surface area contributed by atoms with Gasteiger partial charge >= 0.3 is 12.1 Å². The van der Waals surface area contributed by atoms with Gasteiger partial charge < -0.3 is 10.2 Å². The Bertz CT molecular complexity index is 165. The Kier molecular flexibility index (Phi) is 2.50. The zero-order valence-electron chi connectivity index (χ0n) is 5.64. The minimum Gasteiger partial charge on any atom is -0.479 e. The molecule has 0 aliphatic rings. The van der Waals surface area contributed by atoms with E-state index in [4.69, 9.17) is 10.2 Å². The van der Waals surface area contributed by atoms with Crippen LogP contribution in [0.1, 0.15) is 13.3 Å². The van der Waals surface area contributed by atoms with Crippen LogP contribution >= 0.6 is 0 Å². The van der Waals surface area contributed by atoms with Crippen molar-refractivity contribution in [2.24, 2.45) is 0 Å². The number of hydrogen-bond donors (Lipinski definition) is 2. The molecule has 0 aromatic heterocycles. The van der Waals surface area contributed by atoms with Crippen molar-refractivity contribution in [3.05, 3.63) is 0 Å². The molecule has 2 N–H and O–H groups in total. The van der Waals surface area contributed by atoms with Crippen LogP contribution < -0.4 is 0 Å². The molecule has 0 radical (unpaired) electrons. The van der Waals surface area contributed by atoms with Crippen molar-refractivity contribution in [1.82, 2.24) is 0 Å². The Hall–Kier alpha value is -0.780. The van der Waals surface area contributed by atoms with Crippen molar-refractivity contribution in [1.29, 1.82) is 0 Å². The highest BCUT2D eigenvalue weighted by Crippen LogP contribution is 2.32. The lowest BCUT2D eigenvalue weighted by Crippen LogP contribution is -2.51. The summed E-state index contributed by atoms with van der Waals surface area (Å²) in [5.41, 5.74) is -3.60. The van der Waals surface area contributed by atoms with Gasteiger partial charge in [0.25, 0.3) is 5.60 Å². The quantitative estimate of drug-likeness (QED) is 0.646. The Morgan fingerprint density at radius 1 is 1.45 bits per heavy atom. The lowest BCUT2D eigenvalue weighted by molar-refractivity contribution is -0.260. The third kappa shape index (κ3) is 1.62. The second kappa shape index (κ2) is 2.69. The van der Waals surface area contributed by atoms with Gasteiger partial charge in [0.1, 0.15) is 0 Å². The highest BCUT2D eigenvalue weighted by Gasteiger charge is 2.58. The molecule has 0 bridgehead atoms. The van der Waals surface area contributed by atoms with Gasteiger partial charge in [-0.15, -0.1) is 0 Å². The summed E-state index contributed by atoms with van der Waals surface area (Å²) >= 11 is 0. The second-order valence-electron chi connectivity index (χ2n) is 2.02. The van der Waals surface area contributed by atoms with Crippen LogP contribution in [0.3, 0.4) is 0 Å². The van der Waals surface area contributed by atoms with Crippen molar-refractivity contribution >= 4 is 5.97 Å². The molecule has 0 spiro atoms. The smallest absolute Gasteiger partial charge is 0.428 e. The highest BCUT2D eigenvalue weighted by atomic mass is 19.4. The van der Waals surface area contributed by atoms with E-state index < -0.39 is 24.2 Å². The van der Waals surface area contributed by atoms with E-state index in [0.717, 1.165) is 6.92 Å². The van der Waals surface area contributed by atoms with Crippen molar-refractivity contribution in [2.45, 2.75) is 25.1 Å². The molecular weight excluding hydrogens is 165 g/mol. The summed E-state index contributed by atoms with van der Waals surface area (Å²) in [6, 6.07) is 0. The standard InChI is InChI=1S/C5H7F3O3/c1-2-4(11,3(9)10)5(6,7)8/h11H,2H2,1H3,(H,9,10). The highest BCUT2D eigenvalue weighted by molar-refractivity contribution is 5.78. The average molecular weight is 172 g/mol. The van der Waals surface area contributed by atoms with Gasteiger partial charge in [0.15, 0.2) is 0 Å². The van der Waals surface area contributed by atoms with Gasteiger partial charge in [-0.25, -0.2) is 4.79 Å². The molecule has 11 heavy (non-hydrogen) atoms. The van der Waals surface area contributed by atoms with E-state index in [1.807, 2.05) is 0 Å². The monoisotopic (exact) mass is 172 g/mol. The molecule has 1 unspecified atom stereocenters. The SMILES string of the molecule is CCC(O)(C(=O)O)C(F)(F)F. The Labute approximate surface area is 60.4 Å². The molecule has 66 valence electrons. The molecule has 0 aliphatic heterocycles. The molecule has 1 atom stereocenters. The van der Waals surface area contributed by atoms with Crippen LogP contribution in [0.4, 0.5) is 13.2 Å². The zero-order valence-corrected chi connectivity index (χ0v) is 5.64. The van der Waals surface area contributed by atoms with E-state index in [1.54, 1.807) is 0 Å². The Morgan fingerprint density at radius 3 is 1.82 bits per heavy atom. The van der Waals surface area contributed by atoms with E-state index in [0.29, 0.717) is 0 Å². The van der Waals surface area contributed by atoms with Gasteiger partial charge in [-0.3, -0.25) is 0 Å². The van der Waals surface area contributed by atoms with E-state index >= 15 is 0 Å². The molecule has 0 saturated heterocycles. The number of rotatable bonds is 2. The van der Waals surface area contributed by atoms with E-state index in [2.05, 4.69) is 0 Å². The van der Waals surface area contributed by atoms with Crippen LogP contribution in [0.5, 0.6) is 0 Å². The van der Waals surface area contributed by atoms with Crippen LogP contribution in [-0.2, 0) is 4.79 Å². The summed E-state index contributed by atoms with van der Waals surface area (Å²) in [4.78, 5) is 9.93. The lowest BCUT2D eigenvalue weighted by Gasteiger charge is -2.23. The van der Waals surface area contributed by atoms with Crippen LogP contribution in [0.25, 0.3) is 0 Å². The number of carboxylic acid groups (broad SMARTS) is 1. The Balaban J connectivity index is 4.75. The van der Waals surface area contributed by atoms with Gasteiger partial charge in [0.2, 0.25) is 0 Å². The molecular formula is C5H7F3O3. The number of alkyl halides is 3. The molecule has 0 fully saturated rings. The molecule has 0 rings (SSSR count). The summed E-state index contributed by atoms with van der Waals surface area (Å²) in [5.74, 6) is -2.27. The minimum atomic E-state index is -5.12. The van der Waals surface area contributed by atoms with Crippen molar-refractivity contribution in [3.63, 3.8) is 0 Å². The third-order valence-corrected chi connectivity index (χ3v) is 1.33. The van der Waals surface area contributed by atoms with Crippen LogP contribution in [0.15, 0.2) is 0 Å². The summed E-state index contributed by atoms with van der Waals surface area (Å²) in [7, 11) is 0. The first kappa shape index (κ1) is 10.2. The maximum absolute atomic E-state index is 11.7. The molecule has 0 aliphatic carbocycles. The van der Waals surface area contributed by atoms with Gasteiger partial charge in [0.05, 0.1) is 0 Å². The number of carboxylic acids is 1. The number of carbonyl (C=O) groups is 1. The lowest BCUT2D eigenvalue weighted by atomic mass is 10.0. The number of hydrogen-bond acceptors (Lipinski definition) is 2. The van der Waals surface area contributed by atoms with Gasteiger partial charge in [-0.05, 0) is 6.42 Å². The molecule has 6 heteroatoms. The summed E-state index contributed by atoms with van der Waals surface area (Å²) in [6.45, 7) is 0.946. The predicted octanol–water partition coefficient (Wildman–Crippen LogP) is 0.774. The van der Waals surface area contributed by atoms with Crippen molar-refractivity contribution in [3.8, 4) is 0 Å². The molecule has 0 amide bonds. The average Bonchev–Trinajstić information content (AvgIpc) is 1.83. The topological polar surface area (TPSA) is 57.5 Å². The molecule has 0 heterocycles. The molecule has 0 aromatic rings. The first-order valence-corrected chi connectivity index (χ1v) is 2.78. The predicted molar refractivity (Wildman–Crippen MR) is 28.9 cm³/mol. The van der Waals surface area contributed by atoms with Gasteiger partial charge in [-0.2, -0.15) is 13.2 Å². The zero-order chi connectivity index (χ0) is 9.28. The first-order valence-electron chi connectivity index (χ1n) is 2.78. The van der Waals surface area contributed by atoms with Gasteiger partial charge in [-0.1, -0.05) is 6.92 Å². The molecule has 3 nitrogen and oxygen atoms in total. The largest absolute Gasteiger partial charge is 0.479 e. The van der Waals surface area contributed by atoms with E-state index in [1.165, 1.54) is 0 Å². The van der Waals surface area contributed by atoms with Gasteiger partial charge in [0, 0.05) is 0 Å². The van der Waals surface area contributed by atoms with E-state index in [9.17, 15) is 18.0 Å². The number of aliphatic carboxylic acids is 1. The normalized spacial score (nSPS) is 17.5. The maximum Gasteiger partial charge on any atom is 0.428 e. The molecule has 0 aromatic carbocycles. The summed E-state index contributed by atoms with van der Waals surface area (Å²) in [5, 5.41) is 16.5. The van der Waals surface area contributed by atoms with Crippen LogP contribution in [0.2, 0.25) is 0 Å². The van der Waals surface area contributed by atoms with Crippen molar-refractivity contribution < 1.29 is 28.2 Å². The number of aliphatic hydroxyl groups is 1. The summed E-state index contributed by atoms with van der Waals surface area (Å²) in [6.07, 6.45) is -6.01. The Morgan fingerprint density at radius 2 is 1.82 bits per heavy atom. The second-order valence-corrected chi connectivity index (χ2v) is 2.02.